The number of rotatable bonds is 2. The Hall–Kier alpha value is -0.0400. The van der Waals surface area contributed by atoms with Gasteiger partial charge in [-0.3, -0.25) is 4.90 Å². The zero-order valence-electron chi connectivity index (χ0n) is 8.42. The summed E-state index contributed by atoms with van der Waals surface area (Å²) >= 11 is 0. The minimum absolute atomic E-state index is 0.869. The molecule has 1 atom stereocenters. The summed E-state index contributed by atoms with van der Waals surface area (Å²) in [5, 5.41) is 0. The molecule has 0 aromatic heterocycles. The van der Waals surface area contributed by atoms with E-state index >= 15 is 0 Å². The van der Waals surface area contributed by atoms with Crippen LogP contribution in [0, 0.1) is 5.92 Å². The third-order valence-corrected chi connectivity index (χ3v) is 3.66. The van der Waals surface area contributed by atoms with Crippen molar-refractivity contribution in [2.45, 2.75) is 58.0 Å². The standard InChI is InChI=1S/C11H21N/c1-9(2)11-7-4-8-12(11)10-5-3-6-10/h9-11H,3-8H2,1-2H3. The van der Waals surface area contributed by atoms with Crippen LogP contribution in [-0.4, -0.2) is 23.5 Å². The van der Waals surface area contributed by atoms with Gasteiger partial charge in [-0.25, -0.2) is 0 Å². The van der Waals surface area contributed by atoms with Crippen molar-refractivity contribution in [3.63, 3.8) is 0 Å². The van der Waals surface area contributed by atoms with E-state index < -0.39 is 0 Å². The van der Waals surface area contributed by atoms with Gasteiger partial charge >= 0.3 is 0 Å². The predicted molar refractivity (Wildman–Crippen MR) is 52.2 cm³/mol. The molecule has 0 bridgehead atoms. The fourth-order valence-electron chi connectivity index (χ4n) is 2.70. The van der Waals surface area contributed by atoms with Gasteiger partial charge in [-0.2, -0.15) is 0 Å². The van der Waals surface area contributed by atoms with Crippen molar-refractivity contribution in [2.75, 3.05) is 6.54 Å². The number of likely N-dealkylation sites (tertiary alicyclic amines) is 1. The molecule has 1 unspecified atom stereocenters. The summed E-state index contributed by atoms with van der Waals surface area (Å²) in [6, 6.07) is 1.88. The maximum Gasteiger partial charge on any atom is 0.0122 e. The second-order valence-corrected chi connectivity index (χ2v) is 4.78. The summed E-state index contributed by atoms with van der Waals surface area (Å²) in [5.41, 5.74) is 0. The first-order valence-corrected chi connectivity index (χ1v) is 5.55. The van der Waals surface area contributed by atoms with Crippen LogP contribution in [0.15, 0.2) is 0 Å². The first-order valence-electron chi connectivity index (χ1n) is 5.55. The van der Waals surface area contributed by atoms with E-state index in [0.29, 0.717) is 0 Å². The van der Waals surface area contributed by atoms with Crippen LogP contribution in [0.3, 0.4) is 0 Å². The molecule has 70 valence electrons. The highest BCUT2D eigenvalue weighted by Gasteiger charge is 2.34. The number of hydrogen-bond donors (Lipinski definition) is 0. The van der Waals surface area contributed by atoms with Gasteiger partial charge < -0.3 is 0 Å². The molecule has 2 aliphatic rings. The van der Waals surface area contributed by atoms with E-state index in [1.165, 1.54) is 38.6 Å². The highest BCUT2D eigenvalue weighted by atomic mass is 15.2. The van der Waals surface area contributed by atoms with Gasteiger partial charge in [0.1, 0.15) is 0 Å². The third kappa shape index (κ3) is 1.39. The first kappa shape index (κ1) is 8.55. The Morgan fingerprint density at radius 3 is 2.33 bits per heavy atom. The molecule has 12 heavy (non-hydrogen) atoms. The van der Waals surface area contributed by atoms with Gasteiger partial charge in [0, 0.05) is 12.1 Å². The molecule has 2 rings (SSSR count). The van der Waals surface area contributed by atoms with Gasteiger partial charge in [-0.15, -0.1) is 0 Å². The Morgan fingerprint density at radius 1 is 1.08 bits per heavy atom. The summed E-state index contributed by atoms with van der Waals surface area (Å²) in [4.78, 5) is 2.79. The van der Waals surface area contributed by atoms with E-state index in [2.05, 4.69) is 18.7 Å². The van der Waals surface area contributed by atoms with E-state index in [9.17, 15) is 0 Å². The molecule has 0 spiro atoms. The van der Waals surface area contributed by atoms with Crippen LogP contribution < -0.4 is 0 Å². The van der Waals surface area contributed by atoms with Crippen molar-refractivity contribution in [3.05, 3.63) is 0 Å². The fraction of sp³-hybridized carbons (Fsp3) is 1.00. The fourth-order valence-corrected chi connectivity index (χ4v) is 2.70. The predicted octanol–water partition coefficient (Wildman–Crippen LogP) is 2.66. The van der Waals surface area contributed by atoms with Crippen molar-refractivity contribution in [1.82, 2.24) is 4.90 Å². The zero-order chi connectivity index (χ0) is 8.55. The molecule has 0 N–H and O–H groups in total. The molecule has 2 fully saturated rings. The first-order chi connectivity index (χ1) is 5.79. The Kier molecular flexibility index (Phi) is 2.40. The van der Waals surface area contributed by atoms with Crippen molar-refractivity contribution in [2.24, 2.45) is 5.92 Å². The van der Waals surface area contributed by atoms with Crippen molar-refractivity contribution < 1.29 is 0 Å². The summed E-state index contributed by atoms with van der Waals surface area (Å²) in [5.74, 6) is 0.869. The Morgan fingerprint density at radius 2 is 1.83 bits per heavy atom. The monoisotopic (exact) mass is 167 g/mol. The van der Waals surface area contributed by atoms with Gasteiger partial charge in [0.2, 0.25) is 0 Å². The molecule has 0 aromatic carbocycles. The molecule has 1 heterocycles. The molecular weight excluding hydrogens is 146 g/mol. The van der Waals surface area contributed by atoms with Crippen molar-refractivity contribution >= 4 is 0 Å². The molecule has 1 aliphatic heterocycles. The molecule has 0 radical (unpaired) electrons. The van der Waals surface area contributed by atoms with Crippen LogP contribution in [0.1, 0.15) is 46.0 Å². The SMILES string of the molecule is CC(C)C1CCCN1C1CCC1. The van der Waals surface area contributed by atoms with Crippen LogP contribution in [0.25, 0.3) is 0 Å². The summed E-state index contributed by atoms with van der Waals surface area (Å²) in [7, 11) is 0. The second-order valence-electron chi connectivity index (χ2n) is 4.78. The summed E-state index contributed by atoms with van der Waals surface area (Å²) in [6.07, 6.45) is 7.33. The van der Waals surface area contributed by atoms with Gasteiger partial charge in [0.15, 0.2) is 0 Å². The van der Waals surface area contributed by atoms with E-state index in [1.54, 1.807) is 0 Å². The van der Waals surface area contributed by atoms with E-state index in [0.717, 1.165) is 18.0 Å². The zero-order valence-corrected chi connectivity index (χ0v) is 8.42. The highest BCUT2D eigenvalue weighted by Crippen LogP contribution is 2.33. The molecule has 1 saturated carbocycles. The van der Waals surface area contributed by atoms with Gasteiger partial charge in [0.05, 0.1) is 0 Å². The minimum Gasteiger partial charge on any atom is -0.297 e. The summed E-state index contributed by atoms with van der Waals surface area (Å²) < 4.78 is 0. The van der Waals surface area contributed by atoms with Gasteiger partial charge in [0.25, 0.3) is 0 Å². The topological polar surface area (TPSA) is 3.24 Å². The number of hydrogen-bond acceptors (Lipinski definition) is 1. The van der Waals surface area contributed by atoms with E-state index in [-0.39, 0.29) is 0 Å². The normalized spacial score (nSPS) is 32.8. The highest BCUT2D eigenvalue weighted by molar-refractivity contribution is 4.90. The molecular formula is C11H21N. The number of nitrogens with zero attached hydrogens (tertiary/aromatic N) is 1. The van der Waals surface area contributed by atoms with Crippen LogP contribution >= 0.6 is 0 Å². The smallest absolute Gasteiger partial charge is 0.0122 e. The van der Waals surface area contributed by atoms with Crippen LogP contribution in [0.4, 0.5) is 0 Å². The lowest BCUT2D eigenvalue weighted by Gasteiger charge is -2.40. The molecule has 1 saturated heterocycles. The molecule has 1 nitrogen and oxygen atoms in total. The van der Waals surface area contributed by atoms with Crippen molar-refractivity contribution in [1.29, 1.82) is 0 Å². The van der Waals surface area contributed by atoms with Gasteiger partial charge in [-0.05, 0) is 38.1 Å². The van der Waals surface area contributed by atoms with Crippen LogP contribution in [-0.2, 0) is 0 Å². The van der Waals surface area contributed by atoms with Crippen LogP contribution in [0.5, 0.6) is 0 Å². The maximum absolute atomic E-state index is 2.79. The Balaban J connectivity index is 1.93. The molecule has 1 aliphatic carbocycles. The van der Waals surface area contributed by atoms with Crippen molar-refractivity contribution in [3.8, 4) is 0 Å². The largest absolute Gasteiger partial charge is 0.297 e. The minimum atomic E-state index is 0.869. The molecule has 0 aromatic rings. The lowest BCUT2D eigenvalue weighted by molar-refractivity contribution is 0.0918. The van der Waals surface area contributed by atoms with Gasteiger partial charge in [-0.1, -0.05) is 20.3 Å². The third-order valence-electron chi connectivity index (χ3n) is 3.66. The lowest BCUT2D eigenvalue weighted by atomic mass is 9.89. The Labute approximate surface area is 76.1 Å². The quantitative estimate of drug-likeness (QED) is 0.611. The average Bonchev–Trinajstić information content (AvgIpc) is 2.31. The second kappa shape index (κ2) is 3.37. The molecule has 1 heteroatoms. The Bertz CT molecular complexity index is 149. The van der Waals surface area contributed by atoms with Crippen LogP contribution in [0.2, 0.25) is 0 Å². The molecule has 0 amide bonds. The van der Waals surface area contributed by atoms with E-state index in [1.807, 2.05) is 0 Å². The van der Waals surface area contributed by atoms with E-state index in [4.69, 9.17) is 0 Å². The maximum atomic E-state index is 2.79. The lowest BCUT2D eigenvalue weighted by Crippen LogP contribution is -2.45. The average molecular weight is 167 g/mol. The summed E-state index contributed by atoms with van der Waals surface area (Å²) in [6.45, 7) is 6.14.